The molecule has 290 valence electrons. The number of anilines is 1. The molecule has 0 radical (unpaired) electrons. The second-order valence-electron chi connectivity index (χ2n) is 14.1. The molecule has 1 unspecified atom stereocenters. The molecule has 3 heterocycles. The smallest absolute Gasteiger partial charge is 0.255 e. The second-order valence-corrected chi connectivity index (χ2v) is 14.1. The van der Waals surface area contributed by atoms with Crippen LogP contribution in [0.25, 0.3) is 0 Å². The number of carbonyl (C=O) groups is 5. The number of carbonyl (C=O) groups excluding carboxylic acids is 5. The molecule has 3 amide bonds. The molecule has 0 aromatic heterocycles. The van der Waals surface area contributed by atoms with E-state index in [0.29, 0.717) is 89.7 Å². The van der Waals surface area contributed by atoms with E-state index in [9.17, 15) is 24.0 Å². The van der Waals surface area contributed by atoms with Gasteiger partial charge in [0.15, 0.2) is 11.6 Å². The second kappa shape index (κ2) is 19.7. The monoisotopic (exact) mass is 744 g/mol. The van der Waals surface area contributed by atoms with E-state index in [1.54, 1.807) is 17.2 Å². The Hall–Kier alpha value is -4.47. The normalized spacial score (nSPS) is 21.0. The molecular weight excluding hydrogens is 692 g/mol. The van der Waals surface area contributed by atoms with Gasteiger partial charge in [-0.15, -0.1) is 0 Å². The summed E-state index contributed by atoms with van der Waals surface area (Å²) in [6, 6.07) is 14.7. The van der Waals surface area contributed by atoms with Crippen molar-refractivity contribution in [2.45, 2.75) is 44.2 Å². The lowest BCUT2D eigenvalue weighted by atomic mass is 9.80. The number of amides is 3. The molecule has 4 aliphatic rings. The molecule has 0 spiro atoms. The number of piperazine rings is 1. The highest BCUT2D eigenvalue weighted by Gasteiger charge is 2.40. The Bertz CT molecular complexity index is 1640. The molecule has 6 rings (SSSR count). The highest BCUT2D eigenvalue weighted by Crippen LogP contribution is 2.33. The summed E-state index contributed by atoms with van der Waals surface area (Å²) in [6.45, 7) is 10.2. The average molecular weight is 745 g/mol. The van der Waals surface area contributed by atoms with Crippen molar-refractivity contribution in [2.75, 3.05) is 97.3 Å². The minimum Gasteiger partial charge on any atom is -0.389 e. The van der Waals surface area contributed by atoms with E-state index < -0.39 is 11.9 Å². The molecule has 14 heteroatoms. The number of ketones is 2. The SMILES string of the molecule is O=C1CCC(N2Cc3c(NCCOCCOCCOCCN4CCN(CCNC=C5C(=O)CC(c6ccccc6)CC5=O)CC4)cccc3C2=O)C(=O)N1. The van der Waals surface area contributed by atoms with E-state index in [1.807, 2.05) is 42.5 Å². The molecule has 2 aromatic rings. The molecule has 54 heavy (non-hydrogen) atoms. The van der Waals surface area contributed by atoms with E-state index in [1.165, 1.54) is 0 Å². The van der Waals surface area contributed by atoms with Gasteiger partial charge in [0.25, 0.3) is 5.91 Å². The van der Waals surface area contributed by atoms with Crippen molar-refractivity contribution in [1.29, 1.82) is 0 Å². The predicted octanol–water partition coefficient (Wildman–Crippen LogP) is 1.72. The van der Waals surface area contributed by atoms with Crippen LogP contribution in [0.4, 0.5) is 5.69 Å². The lowest BCUT2D eigenvalue weighted by Crippen LogP contribution is -2.52. The standard InChI is InChI=1S/C40H52N6O8/c47-36-25-30(29-5-2-1-3-6-29)26-37(48)32(36)27-41-11-13-44-14-16-45(17-15-44)18-20-53-22-24-54-23-21-52-19-12-42-34-8-4-7-31-33(34)28-46(40(31)51)35-9-10-38(49)43-39(35)50/h1-8,27,30,35,41-42H,9-26,28H2,(H,43,49,50). The Morgan fingerprint density at radius 2 is 1.41 bits per heavy atom. The minimum atomic E-state index is -0.637. The molecule has 1 saturated carbocycles. The molecule has 2 saturated heterocycles. The molecular formula is C40H52N6O8. The number of nitrogens with zero attached hydrogens (tertiary/aromatic N) is 3. The first-order valence-electron chi connectivity index (χ1n) is 19.1. The maximum absolute atomic E-state index is 13.0. The van der Waals surface area contributed by atoms with Crippen LogP contribution >= 0.6 is 0 Å². The highest BCUT2D eigenvalue weighted by atomic mass is 16.5. The Morgan fingerprint density at radius 3 is 2.11 bits per heavy atom. The van der Waals surface area contributed by atoms with Crippen molar-refractivity contribution in [1.82, 2.24) is 25.3 Å². The maximum atomic E-state index is 13.0. The third-order valence-electron chi connectivity index (χ3n) is 10.5. The van der Waals surface area contributed by atoms with Crippen LogP contribution in [0.5, 0.6) is 0 Å². The van der Waals surface area contributed by atoms with Crippen molar-refractivity contribution < 1.29 is 38.2 Å². The number of piperidine rings is 1. The molecule has 3 fully saturated rings. The molecule has 3 N–H and O–H groups in total. The van der Waals surface area contributed by atoms with Crippen LogP contribution < -0.4 is 16.0 Å². The van der Waals surface area contributed by atoms with Gasteiger partial charge in [-0.2, -0.15) is 0 Å². The minimum absolute atomic E-state index is 0.0325. The Balaban J connectivity index is 0.744. The molecule has 3 aliphatic heterocycles. The highest BCUT2D eigenvalue weighted by molar-refractivity contribution is 6.22. The molecule has 1 aliphatic carbocycles. The Kier molecular flexibility index (Phi) is 14.3. The first-order valence-corrected chi connectivity index (χ1v) is 19.1. The van der Waals surface area contributed by atoms with Gasteiger partial charge in [0.05, 0.1) is 45.2 Å². The fourth-order valence-electron chi connectivity index (χ4n) is 7.40. The van der Waals surface area contributed by atoms with Crippen LogP contribution in [0, 0.1) is 0 Å². The largest absolute Gasteiger partial charge is 0.389 e. The van der Waals surface area contributed by atoms with Gasteiger partial charge >= 0.3 is 0 Å². The van der Waals surface area contributed by atoms with Crippen molar-refractivity contribution in [2.24, 2.45) is 0 Å². The first-order chi connectivity index (χ1) is 26.4. The quantitative estimate of drug-likeness (QED) is 0.0830. The van der Waals surface area contributed by atoms with Crippen molar-refractivity contribution in [3.8, 4) is 0 Å². The van der Waals surface area contributed by atoms with Gasteiger partial charge in [-0.25, -0.2) is 0 Å². The number of Topliss-reactive ketones (excluding diaryl/α,β-unsaturated/α-hetero) is 2. The number of hydrogen-bond acceptors (Lipinski definition) is 12. The summed E-state index contributed by atoms with van der Waals surface area (Å²) in [5.74, 6) is -1.11. The van der Waals surface area contributed by atoms with Crippen LogP contribution in [0.2, 0.25) is 0 Å². The van der Waals surface area contributed by atoms with E-state index in [2.05, 4.69) is 25.8 Å². The van der Waals surface area contributed by atoms with Crippen LogP contribution in [-0.2, 0) is 39.9 Å². The van der Waals surface area contributed by atoms with Gasteiger partial charge in [-0.05, 0) is 30.0 Å². The Labute approximate surface area is 316 Å². The number of imide groups is 1. The van der Waals surface area contributed by atoms with E-state index >= 15 is 0 Å². The van der Waals surface area contributed by atoms with Crippen LogP contribution in [0.15, 0.2) is 60.3 Å². The summed E-state index contributed by atoms with van der Waals surface area (Å²) >= 11 is 0. The number of allylic oxidation sites excluding steroid dienone is 1. The van der Waals surface area contributed by atoms with Gasteiger partial charge in [-0.1, -0.05) is 36.4 Å². The number of benzene rings is 2. The maximum Gasteiger partial charge on any atom is 0.255 e. The lowest BCUT2D eigenvalue weighted by molar-refractivity contribution is -0.137. The number of fused-ring (bicyclic) bond motifs is 1. The average Bonchev–Trinajstić information content (AvgIpc) is 3.51. The fourth-order valence-corrected chi connectivity index (χ4v) is 7.40. The van der Waals surface area contributed by atoms with Crippen LogP contribution in [-0.4, -0.2) is 142 Å². The van der Waals surface area contributed by atoms with Crippen LogP contribution in [0.1, 0.15) is 53.1 Å². The number of nitrogens with one attached hydrogen (secondary N) is 3. The zero-order valence-corrected chi connectivity index (χ0v) is 30.9. The number of hydrogen-bond donors (Lipinski definition) is 3. The summed E-state index contributed by atoms with van der Waals surface area (Å²) in [4.78, 5) is 68.5. The van der Waals surface area contributed by atoms with Gasteiger partial charge < -0.3 is 29.7 Å². The topological polar surface area (TPSA) is 159 Å². The van der Waals surface area contributed by atoms with Crippen LogP contribution in [0.3, 0.4) is 0 Å². The van der Waals surface area contributed by atoms with Gasteiger partial charge in [0.1, 0.15) is 6.04 Å². The van der Waals surface area contributed by atoms with Gasteiger partial charge in [-0.3, -0.25) is 39.1 Å². The van der Waals surface area contributed by atoms with Gasteiger partial charge in [0.2, 0.25) is 11.8 Å². The zero-order valence-electron chi connectivity index (χ0n) is 30.9. The molecule has 1 atom stereocenters. The van der Waals surface area contributed by atoms with Crippen molar-refractivity contribution in [3.63, 3.8) is 0 Å². The van der Waals surface area contributed by atoms with Crippen molar-refractivity contribution in [3.05, 3.63) is 77.0 Å². The summed E-state index contributed by atoms with van der Waals surface area (Å²) in [5.41, 5.74) is 3.60. The summed E-state index contributed by atoms with van der Waals surface area (Å²) in [7, 11) is 0. The third kappa shape index (κ3) is 10.6. The van der Waals surface area contributed by atoms with Gasteiger partial charge in [0, 0.05) is 101 Å². The van der Waals surface area contributed by atoms with E-state index in [-0.39, 0.29) is 35.7 Å². The third-order valence-corrected chi connectivity index (χ3v) is 10.5. The molecule has 14 nitrogen and oxygen atoms in total. The Morgan fingerprint density at radius 1 is 0.741 bits per heavy atom. The predicted molar refractivity (Wildman–Crippen MR) is 201 cm³/mol. The molecule has 2 aromatic carbocycles. The fraction of sp³-hybridized carbons (Fsp3) is 0.525. The van der Waals surface area contributed by atoms with E-state index in [4.69, 9.17) is 14.2 Å². The number of ether oxygens (including phenoxy) is 3. The zero-order chi connectivity index (χ0) is 37.7. The lowest BCUT2D eigenvalue weighted by Gasteiger charge is -2.34. The van der Waals surface area contributed by atoms with Crippen molar-refractivity contribution >= 4 is 35.0 Å². The summed E-state index contributed by atoms with van der Waals surface area (Å²) < 4.78 is 17.1. The summed E-state index contributed by atoms with van der Waals surface area (Å²) in [5, 5.41) is 8.88. The van der Waals surface area contributed by atoms with E-state index in [0.717, 1.165) is 56.1 Å². The summed E-state index contributed by atoms with van der Waals surface area (Å²) in [6.07, 6.45) is 2.93. The number of rotatable bonds is 19. The first kappa shape index (κ1) is 39.2. The molecule has 0 bridgehead atoms.